The summed E-state index contributed by atoms with van der Waals surface area (Å²) >= 11 is 15.5. The first-order valence-electron chi connectivity index (χ1n) is 7.56. The van der Waals surface area contributed by atoms with Crippen LogP contribution in [0.3, 0.4) is 0 Å². The van der Waals surface area contributed by atoms with Crippen LogP contribution in [0.25, 0.3) is 0 Å². The molecule has 2 rings (SSSR count). The van der Waals surface area contributed by atoms with Crippen molar-refractivity contribution in [2.24, 2.45) is 5.10 Å². The minimum atomic E-state index is -0.378. The van der Waals surface area contributed by atoms with Gasteiger partial charge in [0.15, 0.2) is 6.61 Å². The molecule has 0 unspecified atom stereocenters. The number of amides is 1. The topological polar surface area (TPSA) is 50.7 Å². The predicted octanol–water partition coefficient (Wildman–Crippen LogP) is 5.41. The van der Waals surface area contributed by atoms with E-state index in [1.165, 1.54) is 6.21 Å². The number of hydrogen-bond acceptors (Lipinski definition) is 3. The van der Waals surface area contributed by atoms with Crippen LogP contribution in [-0.2, 0) is 4.79 Å². The zero-order valence-corrected chi connectivity index (χ0v) is 16.8. The third kappa shape index (κ3) is 5.73. The van der Waals surface area contributed by atoms with E-state index in [9.17, 15) is 4.79 Å². The summed E-state index contributed by atoms with van der Waals surface area (Å²) < 4.78 is 6.57. The molecule has 4 nitrogen and oxygen atoms in total. The van der Waals surface area contributed by atoms with Crippen LogP contribution >= 0.6 is 39.1 Å². The highest BCUT2D eigenvalue weighted by molar-refractivity contribution is 9.10. The van der Waals surface area contributed by atoms with Gasteiger partial charge < -0.3 is 4.74 Å². The zero-order chi connectivity index (χ0) is 18.4. The molecule has 0 radical (unpaired) electrons. The van der Waals surface area contributed by atoms with E-state index in [0.717, 1.165) is 10.0 Å². The molecule has 0 fully saturated rings. The molecule has 0 aliphatic carbocycles. The number of halogens is 3. The number of carbonyl (C=O) groups is 1. The van der Waals surface area contributed by atoms with Gasteiger partial charge in [-0.3, -0.25) is 4.79 Å². The van der Waals surface area contributed by atoms with Crippen LogP contribution in [0, 0.1) is 0 Å². The summed E-state index contributed by atoms with van der Waals surface area (Å²) in [5.41, 5.74) is 3.96. The van der Waals surface area contributed by atoms with Crippen molar-refractivity contribution in [2.45, 2.75) is 19.8 Å². The Morgan fingerprint density at radius 2 is 1.96 bits per heavy atom. The number of carbonyl (C=O) groups excluding carboxylic acids is 1. The van der Waals surface area contributed by atoms with Crippen molar-refractivity contribution in [3.05, 3.63) is 62.0 Å². The summed E-state index contributed by atoms with van der Waals surface area (Å²) in [5, 5.41) is 4.78. The van der Waals surface area contributed by atoms with E-state index < -0.39 is 0 Å². The molecule has 0 aromatic heterocycles. The number of ether oxygens (including phenoxy) is 1. The molecule has 0 saturated heterocycles. The lowest BCUT2D eigenvalue weighted by Crippen LogP contribution is -2.25. The Kier molecular flexibility index (Phi) is 7.29. The maximum absolute atomic E-state index is 11.9. The molecule has 0 spiro atoms. The van der Waals surface area contributed by atoms with Gasteiger partial charge in [-0.05, 0) is 41.8 Å². The van der Waals surface area contributed by atoms with Gasteiger partial charge in [0.1, 0.15) is 5.75 Å². The molecule has 132 valence electrons. The number of hydrazone groups is 1. The SMILES string of the molecule is CC(C)c1cc(Br)ccc1OCC(=O)N/N=C/c1c(Cl)cccc1Cl. The van der Waals surface area contributed by atoms with E-state index in [0.29, 0.717) is 21.4 Å². The van der Waals surface area contributed by atoms with E-state index >= 15 is 0 Å². The van der Waals surface area contributed by atoms with Gasteiger partial charge in [-0.2, -0.15) is 5.10 Å². The second-order valence-electron chi connectivity index (χ2n) is 5.55. The minimum Gasteiger partial charge on any atom is -0.483 e. The van der Waals surface area contributed by atoms with Crippen molar-refractivity contribution >= 4 is 51.3 Å². The molecule has 2 aromatic carbocycles. The van der Waals surface area contributed by atoms with Crippen molar-refractivity contribution < 1.29 is 9.53 Å². The molecule has 0 aliphatic rings. The van der Waals surface area contributed by atoms with E-state index in [4.69, 9.17) is 27.9 Å². The first kappa shape index (κ1) is 19.8. The van der Waals surface area contributed by atoms with Crippen LogP contribution in [0.2, 0.25) is 10.0 Å². The third-order valence-electron chi connectivity index (χ3n) is 3.34. The number of nitrogens with zero attached hydrogens (tertiary/aromatic N) is 1. The summed E-state index contributed by atoms with van der Waals surface area (Å²) in [5.74, 6) is 0.569. The molecule has 0 heterocycles. The van der Waals surface area contributed by atoms with Crippen LogP contribution in [0.5, 0.6) is 5.75 Å². The van der Waals surface area contributed by atoms with E-state index in [2.05, 4.69) is 40.3 Å². The number of hydrogen-bond donors (Lipinski definition) is 1. The highest BCUT2D eigenvalue weighted by Crippen LogP contribution is 2.29. The van der Waals surface area contributed by atoms with E-state index in [-0.39, 0.29) is 18.4 Å². The number of rotatable bonds is 6. The second kappa shape index (κ2) is 9.22. The second-order valence-corrected chi connectivity index (χ2v) is 7.28. The quantitative estimate of drug-likeness (QED) is 0.479. The lowest BCUT2D eigenvalue weighted by molar-refractivity contribution is -0.123. The van der Waals surface area contributed by atoms with Gasteiger partial charge >= 0.3 is 0 Å². The monoisotopic (exact) mass is 442 g/mol. The average molecular weight is 444 g/mol. The number of nitrogens with one attached hydrogen (secondary N) is 1. The normalized spacial score (nSPS) is 11.1. The maximum atomic E-state index is 11.9. The van der Waals surface area contributed by atoms with Crippen molar-refractivity contribution in [2.75, 3.05) is 6.61 Å². The Balaban J connectivity index is 1.95. The predicted molar refractivity (Wildman–Crippen MR) is 106 cm³/mol. The largest absolute Gasteiger partial charge is 0.483 e. The van der Waals surface area contributed by atoms with Gasteiger partial charge in [0, 0.05) is 10.0 Å². The average Bonchev–Trinajstić information content (AvgIpc) is 2.56. The van der Waals surface area contributed by atoms with Gasteiger partial charge in [-0.15, -0.1) is 0 Å². The van der Waals surface area contributed by atoms with Crippen molar-refractivity contribution in [3.8, 4) is 5.75 Å². The first-order chi connectivity index (χ1) is 11.9. The third-order valence-corrected chi connectivity index (χ3v) is 4.49. The Morgan fingerprint density at radius 3 is 2.60 bits per heavy atom. The molecule has 7 heteroatoms. The van der Waals surface area contributed by atoms with Crippen LogP contribution in [0.1, 0.15) is 30.9 Å². The number of benzene rings is 2. The summed E-state index contributed by atoms with van der Waals surface area (Å²) in [7, 11) is 0. The lowest BCUT2D eigenvalue weighted by Gasteiger charge is -2.13. The molecule has 25 heavy (non-hydrogen) atoms. The van der Waals surface area contributed by atoms with Gasteiger partial charge in [-0.1, -0.05) is 59.0 Å². The fourth-order valence-corrected chi connectivity index (χ4v) is 2.95. The molecular weight excluding hydrogens is 427 g/mol. The van der Waals surface area contributed by atoms with Gasteiger partial charge in [0.25, 0.3) is 5.91 Å². The summed E-state index contributed by atoms with van der Waals surface area (Å²) in [4.78, 5) is 11.9. The molecule has 2 aromatic rings. The van der Waals surface area contributed by atoms with E-state index in [1.807, 2.05) is 18.2 Å². The van der Waals surface area contributed by atoms with Crippen molar-refractivity contribution in [1.29, 1.82) is 0 Å². The minimum absolute atomic E-state index is 0.144. The Morgan fingerprint density at radius 1 is 1.28 bits per heavy atom. The first-order valence-corrected chi connectivity index (χ1v) is 9.11. The van der Waals surface area contributed by atoms with Crippen LogP contribution in [0.15, 0.2) is 46.0 Å². The highest BCUT2D eigenvalue weighted by atomic mass is 79.9. The smallest absolute Gasteiger partial charge is 0.277 e. The Labute approximate surface area is 165 Å². The molecule has 0 saturated carbocycles. The van der Waals surface area contributed by atoms with Crippen molar-refractivity contribution in [1.82, 2.24) is 5.43 Å². The zero-order valence-electron chi connectivity index (χ0n) is 13.7. The van der Waals surface area contributed by atoms with Crippen molar-refractivity contribution in [3.63, 3.8) is 0 Å². The summed E-state index contributed by atoms with van der Waals surface area (Å²) in [6, 6.07) is 10.8. The van der Waals surface area contributed by atoms with Gasteiger partial charge in [0.2, 0.25) is 0 Å². The van der Waals surface area contributed by atoms with Gasteiger partial charge in [0.05, 0.1) is 16.3 Å². The summed E-state index contributed by atoms with van der Waals surface area (Å²) in [6.45, 7) is 3.98. The molecule has 0 aliphatic heterocycles. The fraction of sp³-hybridized carbons (Fsp3) is 0.222. The molecule has 0 bridgehead atoms. The fourth-order valence-electron chi connectivity index (χ4n) is 2.08. The molecule has 0 atom stereocenters. The Bertz CT molecular complexity index is 774. The van der Waals surface area contributed by atoms with Gasteiger partial charge in [-0.25, -0.2) is 5.43 Å². The Hall–Kier alpha value is -1.56. The maximum Gasteiger partial charge on any atom is 0.277 e. The van der Waals surface area contributed by atoms with Crippen LogP contribution < -0.4 is 10.2 Å². The molecule has 1 N–H and O–H groups in total. The summed E-state index contributed by atoms with van der Waals surface area (Å²) in [6.07, 6.45) is 1.40. The van der Waals surface area contributed by atoms with E-state index in [1.54, 1.807) is 18.2 Å². The van der Waals surface area contributed by atoms with Crippen LogP contribution in [0.4, 0.5) is 0 Å². The molecule has 1 amide bonds. The lowest BCUT2D eigenvalue weighted by atomic mass is 10.0. The van der Waals surface area contributed by atoms with Crippen LogP contribution in [-0.4, -0.2) is 18.7 Å². The standard InChI is InChI=1S/C18H17BrCl2N2O2/c1-11(2)13-8-12(19)6-7-17(13)25-10-18(24)23-22-9-14-15(20)4-3-5-16(14)21/h3-9,11H,10H2,1-2H3,(H,23,24)/b22-9+. The highest BCUT2D eigenvalue weighted by Gasteiger charge is 2.10. The molecular formula is C18H17BrCl2N2O2.